The van der Waals surface area contributed by atoms with Gasteiger partial charge >= 0.3 is 5.97 Å². The number of methoxy groups -OCH3 is 1. The van der Waals surface area contributed by atoms with E-state index in [9.17, 15) is 13.2 Å². The number of aromatic nitrogens is 1. The molecule has 140 valence electrons. The number of pyridine rings is 1. The number of carbonyl (C=O) groups is 1. The summed E-state index contributed by atoms with van der Waals surface area (Å²) in [7, 11) is -2.59. The van der Waals surface area contributed by atoms with Crippen LogP contribution in [0.5, 0.6) is 5.75 Å². The third-order valence-electron chi connectivity index (χ3n) is 3.84. The Balaban J connectivity index is 1.98. The average molecular weight is 386 g/mol. The Labute approximate surface area is 157 Å². The van der Waals surface area contributed by atoms with E-state index in [1.807, 2.05) is 6.92 Å². The van der Waals surface area contributed by atoms with Gasteiger partial charge in [-0.3, -0.25) is 9.71 Å². The summed E-state index contributed by atoms with van der Waals surface area (Å²) < 4.78 is 38.4. The number of hydrogen-bond donors (Lipinski definition) is 1. The monoisotopic (exact) mass is 386 g/mol. The fourth-order valence-electron chi connectivity index (χ4n) is 2.63. The lowest BCUT2D eigenvalue weighted by molar-refractivity contribution is 0.0601. The molecule has 1 N–H and O–H groups in total. The van der Waals surface area contributed by atoms with Crippen molar-refractivity contribution in [2.45, 2.75) is 11.8 Å². The van der Waals surface area contributed by atoms with E-state index in [4.69, 9.17) is 4.74 Å². The third kappa shape index (κ3) is 3.85. The van der Waals surface area contributed by atoms with Crippen molar-refractivity contribution < 1.29 is 22.7 Å². The summed E-state index contributed by atoms with van der Waals surface area (Å²) in [4.78, 5) is 15.8. The van der Waals surface area contributed by atoms with Crippen LogP contribution in [-0.2, 0) is 14.8 Å². The van der Waals surface area contributed by atoms with Gasteiger partial charge in [-0.1, -0.05) is 0 Å². The number of fused-ring (bicyclic) bond motifs is 1. The number of sulfonamides is 1. The zero-order valence-electron chi connectivity index (χ0n) is 14.8. The van der Waals surface area contributed by atoms with Gasteiger partial charge in [-0.05, 0) is 55.5 Å². The van der Waals surface area contributed by atoms with Gasteiger partial charge in [-0.25, -0.2) is 13.2 Å². The lowest BCUT2D eigenvalue weighted by Crippen LogP contribution is -2.14. The molecular weight excluding hydrogens is 368 g/mol. The molecule has 0 aliphatic rings. The van der Waals surface area contributed by atoms with Crippen LogP contribution in [0.1, 0.15) is 17.3 Å². The van der Waals surface area contributed by atoms with E-state index in [0.717, 1.165) is 0 Å². The van der Waals surface area contributed by atoms with Crippen LogP contribution in [0, 0.1) is 0 Å². The molecular formula is C19H18N2O5S. The van der Waals surface area contributed by atoms with Crippen LogP contribution in [0.15, 0.2) is 59.6 Å². The Morgan fingerprint density at radius 3 is 2.52 bits per heavy atom. The highest BCUT2D eigenvalue weighted by Gasteiger charge is 2.20. The second-order valence-corrected chi connectivity index (χ2v) is 7.22. The Morgan fingerprint density at radius 1 is 1.11 bits per heavy atom. The van der Waals surface area contributed by atoms with Crippen molar-refractivity contribution in [1.29, 1.82) is 0 Å². The first-order valence-corrected chi connectivity index (χ1v) is 9.66. The molecule has 3 aromatic rings. The number of carbonyl (C=O) groups excluding carboxylic acids is 1. The molecule has 0 fully saturated rings. The lowest BCUT2D eigenvalue weighted by Gasteiger charge is -2.13. The molecule has 0 unspecified atom stereocenters. The SMILES string of the molecule is CCOc1ccc(S(=O)(=O)Nc2ccc(C(=O)OC)cc2)c2cccnc12. The fraction of sp³-hybridized carbons (Fsp3) is 0.158. The standard InChI is InChI=1S/C19H18N2O5S/c1-3-26-16-10-11-17(15-5-4-12-20-18(15)16)27(23,24)21-14-8-6-13(7-9-14)19(22)25-2/h4-12,21H,3H2,1-2H3. The zero-order valence-corrected chi connectivity index (χ0v) is 15.6. The maximum atomic E-state index is 12.9. The molecule has 0 spiro atoms. The van der Waals surface area contributed by atoms with Crippen molar-refractivity contribution in [2.75, 3.05) is 18.4 Å². The number of nitrogens with one attached hydrogen (secondary N) is 1. The summed E-state index contributed by atoms with van der Waals surface area (Å²) in [6.07, 6.45) is 1.58. The van der Waals surface area contributed by atoms with Crippen molar-refractivity contribution in [3.8, 4) is 5.75 Å². The Morgan fingerprint density at radius 2 is 1.85 bits per heavy atom. The van der Waals surface area contributed by atoms with Gasteiger partial charge in [0.25, 0.3) is 10.0 Å². The first kappa shape index (κ1) is 18.7. The molecule has 2 aromatic carbocycles. The summed E-state index contributed by atoms with van der Waals surface area (Å²) in [5, 5.41) is 0.460. The quantitative estimate of drug-likeness (QED) is 0.654. The maximum Gasteiger partial charge on any atom is 0.337 e. The van der Waals surface area contributed by atoms with E-state index in [0.29, 0.717) is 34.5 Å². The fourth-order valence-corrected chi connectivity index (χ4v) is 3.89. The highest BCUT2D eigenvalue weighted by Crippen LogP contribution is 2.30. The van der Waals surface area contributed by atoms with E-state index in [2.05, 4.69) is 14.4 Å². The molecule has 0 radical (unpaired) electrons. The van der Waals surface area contributed by atoms with E-state index < -0.39 is 16.0 Å². The molecule has 0 saturated heterocycles. The van der Waals surface area contributed by atoms with E-state index in [-0.39, 0.29) is 4.90 Å². The minimum absolute atomic E-state index is 0.0890. The first-order valence-electron chi connectivity index (χ1n) is 8.18. The smallest absolute Gasteiger partial charge is 0.337 e. The number of nitrogens with zero attached hydrogens (tertiary/aromatic N) is 1. The van der Waals surface area contributed by atoms with Crippen LogP contribution in [-0.4, -0.2) is 33.1 Å². The number of hydrogen-bond acceptors (Lipinski definition) is 6. The highest BCUT2D eigenvalue weighted by molar-refractivity contribution is 7.93. The number of ether oxygens (including phenoxy) is 2. The molecule has 0 aliphatic heterocycles. The average Bonchev–Trinajstić information content (AvgIpc) is 2.68. The van der Waals surface area contributed by atoms with Gasteiger partial charge in [-0.15, -0.1) is 0 Å². The summed E-state index contributed by atoms with van der Waals surface area (Å²) in [5.41, 5.74) is 1.13. The van der Waals surface area contributed by atoms with Crippen LogP contribution in [0.4, 0.5) is 5.69 Å². The van der Waals surface area contributed by atoms with Gasteiger partial charge in [0.05, 0.1) is 24.2 Å². The zero-order chi connectivity index (χ0) is 19.4. The molecule has 0 saturated carbocycles. The van der Waals surface area contributed by atoms with E-state index >= 15 is 0 Å². The first-order chi connectivity index (χ1) is 13.0. The Bertz CT molecular complexity index is 1080. The molecule has 1 heterocycles. The number of benzene rings is 2. The Kier molecular flexibility index (Phi) is 5.27. The van der Waals surface area contributed by atoms with Crippen LogP contribution >= 0.6 is 0 Å². The predicted molar refractivity (Wildman–Crippen MR) is 102 cm³/mol. The molecule has 8 heteroatoms. The number of esters is 1. The van der Waals surface area contributed by atoms with Crippen LogP contribution in [0.2, 0.25) is 0 Å². The van der Waals surface area contributed by atoms with Crippen LogP contribution in [0.25, 0.3) is 10.9 Å². The van der Waals surface area contributed by atoms with Crippen molar-refractivity contribution in [3.05, 3.63) is 60.3 Å². The third-order valence-corrected chi connectivity index (χ3v) is 5.28. The predicted octanol–water partition coefficient (Wildman–Crippen LogP) is 3.22. The topological polar surface area (TPSA) is 94.6 Å². The van der Waals surface area contributed by atoms with Gasteiger partial charge in [0, 0.05) is 17.3 Å². The molecule has 0 aliphatic carbocycles. The largest absolute Gasteiger partial charge is 0.492 e. The minimum Gasteiger partial charge on any atom is -0.492 e. The van der Waals surface area contributed by atoms with Crippen molar-refractivity contribution in [2.24, 2.45) is 0 Å². The molecule has 0 atom stereocenters. The van der Waals surface area contributed by atoms with Gasteiger partial charge in [0.1, 0.15) is 11.3 Å². The molecule has 0 bridgehead atoms. The van der Waals surface area contributed by atoms with E-state index in [1.165, 1.54) is 37.4 Å². The molecule has 7 nitrogen and oxygen atoms in total. The molecule has 1 aromatic heterocycles. The molecule has 3 rings (SSSR count). The van der Waals surface area contributed by atoms with Gasteiger partial charge in [-0.2, -0.15) is 0 Å². The summed E-state index contributed by atoms with van der Waals surface area (Å²) in [6, 6.07) is 12.4. The van der Waals surface area contributed by atoms with Crippen molar-refractivity contribution >= 4 is 32.6 Å². The van der Waals surface area contributed by atoms with E-state index in [1.54, 1.807) is 24.4 Å². The van der Waals surface area contributed by atoms with Crippen molar-refractivity contribution in [1.82, 2.24) is 4.98 Å². The van der Waals surface area contributed by atoms with Gasteiger partial charge in [0.2, 0.25) is 0 Å². The van der Waals surface area contributed by atoms with Crippen LogP contribution < -0.4 is 9.46 Å². The van der Waals surface area contributed by atoms with Crippen molar-refractivity contribution in [3.63, 3.8) is 0 Å². The minimum atomic E-state index is -3.87. The van der Waals surface area contributed by atoms with Gasteiger partial charge in [0.15, 0.2) is 0 Å². The highest BCUT2D eigenvalue weighted by atomic mass is 32.2. The summed E-state index contributed by atoms with van der Waals surface area (Å²) >= 11 is 0. The second kappa shape index (κ2) is 7.63. The molecule has 27 heavy (non-hydrogen) atoms. The lowest BCUT2D eigenvalue weighted by atomic mass is 10.2. The Hall–Kier alpha value is -3.13. The number of anilines is 1. The second-order valence-electron chi connectivity index (χ2n) is 5.57. The summed E-state index contributed by atoms with van der Waals surface area (Å²) in [6.45, 7) is 2.29. The number of rotatable bonds is 6. The van der Waals surface area contributed by atoms with Crippen LogP contribution in [0.3, 0.4) is 0 Å². The maximum absolute atomic E-state index is 12.9. The normalized spacial score (nSPS) is 11.2. The summed E-state index contributed by atoms with van der Waals surface area (Å²) in [5.74, 6) is 0.0301. The molecule has 0 amide bonds. The van der Waals surface area contributed by atoms with Gasteiger partial charge < -0.3 is 9.47 Å².